The lowest BCUT2D eigenvalue weighted by Crippen LogP contribution is -2.38. The number of hydrogen-bond donors (Lipinski definition) is 3. The number of nitrogens with two attached hydrogens (primary N) is 1. The molecule has 4 N–H and O–H groups in total. The highest BCUT2D eigenvalue weighted by Crippen LogP contribution is 2.29. The summed E-state index contributed by atoms with van der Waals surface area (Å²) in [5, 5.41) is 10.2. The zero-order valence-electron chi connectivity index (χ0n) is 15.3. The molecular formula is C21H24BN3O2. The SMILES string of the molecule is NCc1cccc(C2CCN(C(=O)c3cc4cc(BO)ccc4[nH]3)CC2)c1. The summed E-state index contributed by atoms with van der Waals surface area (Å²) in [6, 6.07) is 16.1. The van der Waals surface area contributed by atoms with E-state index in [0.717, 1.165) is 47.9 Å². The molecule has 2 heterocycles. The average Bonchev–Trinajstić information content (AvgIpc) is 3.16. The summed E-state index contributed by atoms with van der Waals surface area (Å²) in [6.45, 7) is 2.07. The molecule has 1 aliphatic heterocycles. The molecule has 0 bridgehead atoms. The summed E-state index contributed by atoms with van der Waals surface area (Å²) in [4.78, 5) is 18.0. The first kappa shape index (κ1) is 17.8. The predicted molar refractivity (Wildman–Crippen MR) is 110 cm³/mol. The molecule has 1 saturated heterocycles. The van der Waals surface area contributed by atoms with Crippen LogP contribution in [-0.4, -0.2) is 41.4 Å². The molecular weight excluding hydrogens is 337 g/mol. The van der Waals surface area contributed by atoms with Crippen LogP contribution in [0.1, 0.15) is 40.4 Å². The van der Waals surface area contributed by atoms with E-state index in [0.29, 0.717) is 18.2 Å². The zero-order valence-corrected chi connectivity index (χ0v) is 15.3. The number of nitrogens with zero attached hydrogens (tertiary/aromatic N) is 1. The summed E-state index contributed by atoms with van der Waals surface area (Å²) in [5.74, 6) is 0.529. The van der Waals surface area contributed by atoms with Crippen molar-refractivity contribution in [2.75, 3.05) is 13.1 Å². The molecule has 0 saturated carbocycles. The van der Waals surface area contributed by atoms with Gasteiger partial charge in [0.05, 0.1) is 0 Å². The fraction of sp³-hybridized carbons (Fsp3) is 0.286. The number of likely N-dealkylation sites (tertiary alicyclic amines) is 1. The summed E-state index contributed by atoms with van der Waals surface area (Å²) >= 11 is 0. The Balaban J connectivity index is 1.45. The van der Waals surface area contributed by atoms with Crippen LogP contribution in [0.15, 0.2) is 48.5 Å². The minimum Gasteiger partial charge on any atom is -0.449 e. The number of carbonyl (C=O) groups excluding carboxylic acids is 1. The van der Waals surface area contributed by atoms with Gasteiger partial charge in [0.15, 0.2) is 0 Å². The van der Waals surface area contributed by atoms with Crippen molar-refractivity contribution in [2.24, 2.45) is 5.73 Å². The second kappa shape index (κ2) is 7.58. The molecule has 6 heteroatoms. The Bertz CT molecular complexity index is 961. The maximum absolute atomic E-state index is 12.9. The highest BCUT2D eigenvalue weighted by atomic mass is 16.2. The molecule has 4 rings (SSSR count). The minimum atomic E-state index is 0.00324. The number of H-pyrrole nitrogens is 1. The van der Waals surface area contributed by atoms with E-state index in [1.807, 2.05) is 29.2 Å². The number of fused-ring (bicyclic) bond motifs is 1. The van der Waals surface area contributed by atoms with Crippen LogP contribution in [0, 0.1) is 0 Å². The zero-order chi connectivity index (χ0) is 18.8. The number of aromatic amines is 1. The lowest BCUT2D eigenvalue weighted by atomic mass is 9.88. The monoisotopic (exact) mass is 361 g/mol. The normalized spacial score (nSPS) is 15.3. The highest BCUT2D eigenvalue weighted by molar-refractivity contribution is 6.46. The Morgan fingerprint density at radius 2 is 2.00 bits per heavy atom. The fourth-order valence-corrected chi connectivity index (χ4v) is 3.96. The van der Waals surface area contributed by atoms with E-state index in [1.165, 1.54) is 5.56 Å². The van der Waals surface area contributed by atoms with E-state index in [4.69, 9.17) is 5.73 Å². The average molecular weight is 361 g/mol. The van der Waals surface area contributed by atoms with Gasteiger partial charge in [0.2, 0.25) is 0 Å². The van der Waals surface area contributed by atoms with Gasteiger partial charge in [-0.15, -0.1) is 0 Å². The van der Waals surface area contributed by atoms with Crippen molar-refractivity contribution in [3.8, 4) is 0 Å². The molecule has 0 atom stereocenters. The van der Waals surface area contributed by atoms with Crippen LogP contribution in [0.2, 0.25) is 0 Å². The Hall–Kier alpha value is -2.57. The topological polar surface area (TPSA) is 82.3 Å². The van der Waals surface area contributed by atoms with Crippen molar-refractivity contribution >= 4 is 29.8 Å². The maximum atomic E-state index is 12.9. The van der Waals surface area contributed by atoms with Crippen LogP contribution in [0.4, 0.5) is 0 Å². The molecule has 1 aliphatic rings. The van der Waals surface area contributed by atoms with Crippen LogP contribution < -0.4 is 11.2 Å². The predicted octanol–water partition coefficient (Wildman–Crippen LogP) is 1.62. The third-order valence-corrected chi connectivity index (χ3v) is 5.54. The van der Waals surface area contributed by atoms with E-state index >= 15 is 0 Å². The number of aromatic nitrogens is 1. The van der Waals surface area contributed by atoms with Crippen molar-refractivity contribution in [1.82, 2.24) is 9.88 Å². The van der Waals surface area contributed by atoms with Crippen molar-refractivity contribution in [1.29, 1.82) is 0 Å². The molecule has 0 unspecified atom stereocenters. The number of hydrogen-bond acceptors (Lipinski definition) is 3. The van der Waals surface area contributed by atoms with Crippen molar-refractivity contribution in [3.05, 3.63) is 65.4 Å². The van der Waals surface area contributed by atoms with Crippen LogP contribution in [0.5, 0.6) is 0 Å². The maximum Gasteiger partial charge on any atom is 0.304 e. The van der Waals surface area contributed by atoms with Gasteiger partial charge >= 0.3 is 7.48 Å². The van der Waals surface area contributed by atoms with Gasteiger partial charge in [-0.2, -0.15) is 0 Å². The molecule has 0 spiro atoms. The summed E-state index contributed by atoms with van der Waals surface area (Å²) in [6.07, 6.45) is 1.93. The molecule has 27 heavy (non-hydrogen) atoms. The number of piperidine rings is 1. The molecule has 138 valence electrons. The summed E-state index contributed by atoms with van der Waals surface area (Å²) in [5.41, 5.74) is 10.6. The molecule has 0 radical (unpaired) electrons. The second-order valence-corrected chi connectivity index (χ2v) is 7.28. The Morgan fingerprint density at radius 3 is 2.74 bits per heavy atom. The van der Waals surface area contributed by atoms with Gasteiger partial charge < -0.3 is 20.6 Å². The summed E-state index contributed by atoms with van der Waals surface area (Å²) < 4.78 is 0. The fourth-order valence-electron chi connectivity index (χ4n) is 3.96. The lowest BCUT2D eigenvalue weighted by Gasteiger charge is -2.32. The molecule has 2 aromatic carbocycles. The van der Waals surface area contributed by atoms with Gasteiger partial charge in [0.25, 0.3) is 5.91 Å². The van der Waals surface area contributed by atoms with Crippen LogP contribution in [0.3, 0.4) is 0 Å². The summed E-state index contributed by atoms with van der Waals surface area (Å²) in [7, 11) is 0.00324. The standard InChI is InChI=1S/C21H24BN3O2/c23-13-14-2-1-3-16(10-14)15-6-8-25(9-7-15)21(26)20-12-17-11-18(22-27)4-5-19(17)24-20/h1-5,10-12,15,22,24,27H,6-9,13,23H2. The number of amides is 1. The van der Waals surface area contributed by atoms with Gasteiger partial charge in [-0.3, -0.25) is 4.79 Å². The second-order valence-electron chi connectivity index (χ2n) is 7.28. The van der Waals surface area contributed by atoms with Gasteiger partial charge in [0.1, 0.15) is 5.69 Å². The minimum absolute atomic E-state index is 0.00324. The van der Waals surface area contributed by atoms with Crippen molar-refractivity contribution < 1.29 is 9.82 Å². The van der Waals surface area contributed by atoms with Gasteiger partial charge in [-0.05, 0) is 47.4 Å². The van der Waals surface area contributed by atoms with Crippen LogP contribution >= 0.6 is 0 Å². The van der Waals surface area contributed by atoms with Gasteiger partial charge in [0, 0.05) is 25.2 Å². The van der Waals surface area contributed by atoms with E-state index in [1.54, 1.807) is 0 Å². The molecule has 3 aromatic rings. The van der Waals surface area contributed by atoms with E-state index in [9.17, 15) is 9.82 Å². The molecule has 1 fully saturated rings. The Labute approximate surface area is 159 Å². The molecule has 1 amide bonds. The lowest BCUT2D eigenvalue weighted by molar-refractivity contribution is 0.0708. The Morgan fingerprint density at radius 1 is 1.19 bits per heavy atom. The highest BCUT2D eigenvalue weighted by Gasteiger charge is 2.25. The first-order valence-electron chi connectivity index (χ1n) is 9.48. The van der Waals surface area contributed by atoms with Crippen molar-refractivity contribution in [3.63, 3.8) is 0 Å². The van der Waals surface area contributed by atoms with Crippen molar-refractivity contribution in [2.45, 2.75) is 25.3 Å². The largest absolute Gasteiger partial charge is 0.449 e. The first-order valence-corrected chi connectivity index (χ1v) is 9.48. The number of rotatable bonds is 4. The number of nitrogens with one attached hydrogen (secondary N) is 1. The van der Waals surface area contributed by atoms with Crippen LogP contribution in [0.25, 0.3) is 10.9 Å². The first-order chi connectivity index (χ1) is 13.2. The van der Waals surface area contributed by atoms with E-state index < -0.39 is 0 Å². The van der Waals surface area contributed by atoms with E-state index in [-0.39, 0.29) is 13.4 Å². The molecule has 0 aliphatic carbocycles. The number of carbonyl (C=O) groups is 1. The molecule has 5 nitrogen and oxygen atoms in total. The number of benzene rings is 2. The molecule has 1 aromatic heterocycles. The smallest absolute Gasteiger partial charge is 0.304 e. The van der Waals surface area contributed by atoms with Gasteiger partial charge in [-0.1, -0.05) is 41.9 Å². The third kappa shape index (κ3) is 3.63. The van der Waals surface area contributed by atoms with Gasteiger partial charge in [-0.25, -0.2) is 0 Å². The Kier molecular flexibility index (Phi) is 5.01. The quantitative estimate of drug-likeness (QED) is 0.618. The van der Waals surface area contributed by atoms with E-state index in [2.05, 4.69) is 29.2 Å². The van der Waals surface area contributed by atoms with Crippen LogP contribution in [-0.2, 0) is 6.54 Å². The third-order valence-electron chi connectivity index (χ3n) is 5.54.